The van der Waals surface area contributed by atoms with Gasteiger partial charge in [-0.2, -0.15) is 15.5 Å². The summed E-state index contributed by atoms with van der Waals surface area (Å²) in [5.74, 6) is 0.802. The number of hydrogen-bond donors (Lipinski definition) is 1. The van der Waals surface area contributed by atoms with E-state index in [4.69, 9.17) is 10.5 Å². The Morgan fingerprint density at radius 1 is 1.17 bits per heavy atom. The van der Waals surface area contributed by atoms with Crippen LogP contribution >= 0.6 is 0 Å². The Bertz CT molecular complexity index is 1120. The first-order valence-corrected chi connectivity index (χ1v) is 10.6. The third kappa shape index (κ3) is 3.32. The molecule has 2 aromatic rings. The van der Waals surface area contributed by atoms with Gasteiger partial charge in [0.2, 0.25) is 5.88 Å². The minimum atomic E-state index is -0.206. The van der Waals surface area contributed by atoms with Crippen molar-refractivity contribution in [2.45, 2.75) is 66.0 Å². The Morgan fingerprint density at radius 3 is 2.50 bits per heavy atom. The largest absolute Gasteiger partial charge is 0.440 e. The highest BCUT2D eigenvalue weighted by atomic mass is 16.5. The maximum atomic E-state index is 9.86. The molecule has 1 atom stereocenters. The first kappa shape index (κ1) is 20.0. The van der Waals surface area contributed by atoms with Gasteiger partial charge in [-0.05, 0) is 64.2 Å². The van der Waals surface area contributed by atoms with Gasteiger partial charge in [0.25, 0.3) is 0 Å². The number of nitriles is 1. The second kappa shape index (κ2) is 7.86. The van der Waals surface area contributed by atoms with Gasteiger partial charge in [0.1, 0.15) is 17.4 Å². The SMILES string of the molecule is CCn1cc(/C=C2\CCCC3=C2OC(N)=C(C#N)[C@@H]3c2cn(CC)nc2C)c(C)n1. The van der Waals surface area contributed by atoms with Crippen molar-refractivity contribution < 1.29 is 4.74 Å². The quantitative estimate of drug-likeness (QED) is 0.829. The van der Waals surface area contributed by atoms with Crippen LogP contribution in [0.5, 0.6) is 0 Å². The van der Waals surface area contributed by atoms with Crippen molar-refractivity contribution in [3.63, 3.8) is 0 Å². The van der Waals surface area contributed by atoms with Crippen LogP contribution in [0.2, 0.25) is 0 Å². The predicted octanol–water partition coefficient (Wildman–Crippen LogP) is 4.07. The monoisotopic (exact) mass is 404 g/mol. The van der Waals surface area contributed by atoms with E-state index in [-0.39, 0.29) is 11.8 Å². The van der Waals surface area contributed by atoms with Crippen molar-refractivity contribution in [2.75, 3.05) is 0 Å². The highest BCUT2D eigenvalue weighted by Crippen LogP contribution is 2.47. The Hall–Kier alpha value is -3.27. The van der Waals surface area contributed by atoms with Crippen molar-refractivity contribution >= 4 is 6.08 Å². The summed E-state index contributed by atoms with van der Waals surface area (Å²) in [5, 5.41) is 19.0. The van der Waals surface area contributed by atoms with Crippen LogP contribution in [0.15, 0.2) is 40.8 Å². The van der Waals surface area contributed by atoms with E-state index in [0.29, 0.717) is 5.57 Å². The Balaban J connectivity index is 1.85. The molecule has 2 aliphatic rings. The van der Waals surface area contributed by atoms with Gasteiger partial charge in [0.15, 0.2) is 0 Å². The fourth-order valence-corrected chi connectivity index (χ4v) is 4.39. The zero-order valence-corrected chi connectivity index (χ0v) is 18.1. The molecule has 2 aromatic heterocycles. The highest BCUT2D eigenvalue weighted by molar-refractivity contribution is 5.63. The fourth-order valence-electron chi connectivity index (χ4n) is 4.39. The molecule has 156 valence electrons. The topological polar surface area (TPSA) is 94.7 Å². The molecule has 30 heavy (non-hydrogen) atoms. The molecule has 0 amide bonds. The molecule has 7 nitrogen and oxygen atoms in total. The zero-order chi connectivity index (χ0) is 21.4. The fraction of sp³-hybridized carbons (Fsp3) is 0.435. The number of allylic oxidation sites excluding steroid dienone is 3. The molecule has 0 saturated carbocycles. The maximum Gasteiger partial charge on any atom is 0.205 e. The van der Waals surface area contributed by atoms with Crippen molar-refractivity contribution in [1.82, 2.24) is 19.6 Å². The highest BCUT2D eigenvalue weighted by Gasteiger charge is 2.37. The van der Waals surface area contributed by atoms with Crippen molar-refractivity contribution in [2.24, 2.45) is 5.73 Å². The number of nitrogens with two attached hydrogens (primary N) is 1. The van der Waals surface area contributed by atoms with E-state index in [1.54, 1.807) is 0 Å². The summed E-state index contributed by atoms with van der Waals surface area (Å²) in [7, 11) is 0. The van der Waals surface area contributed by atoms with Gasteiger partial charge in [-0.15, -0.1) is 0 Å². The summed E-state index contributed by atoms with van der Waals surface area (Å²) in [4.78, 5) is 0. The minimum Gasteiger partial charge on any atom is -0.440 e. The predicted molar refractivity (Wildman–Crippen MR) is 115 cm³/mol. The summed E-state index contributed by atoms with van der Waals surface area (Å²) in [5.41, 5.74) is 13.0. The average molecular weight is 405 g/mol. The van der Waals surface area contributed by atoms with Gasteiger partial charge in [-0.25, -0.2) is 0 Å². The van der Waals surface area contributed by atoms with E-state index in [0.717, 1.165) is 71.8 Å². The van der Waals surface area contributed by atoms with Gasteiger partial charge in [0, 0.05) is 36.6 Å². The molecule has 0 radical (unpaired) electrons. The van der Waals surface area contributed by atoms with E-state index in [2.05, 4.69) is 42.4 Å². The maximum absolute atomic E-state index is 9.86. The van der Waals surface area contributed by atoms with Crippen LogP contribution in [0.25, 0.3) is 6.08 Å². The van der Waals surface area contributed by atoms with Gasteiger partial charge >= 0.3 is 0 Å². The van der Waals surface area contributed by atoms with E-state index >= 15 is 0 Å². The Labute approximate surface area is 177 Å². The lowest BCUT2D eigenvalue weighted by atomic mass is 9.77. The molecule has 0 fully saturated rings. The summed E-state index contributed by atoms with van der Waals surface area (Å²) >= 11 is 0. The van der Waals surface area contributed by atoms with Crippen molar-refractivity contribution in [3.05, 3.63) is 63.3 Å². The van der Waals surface area contributed by atoms with Crippen LogP contribution in [0.4, 0.5) is 0 Å². The standard InChI is InChI=1S/C23H28N6O/c1-5-28-12-17(14(3)26-28)10-16-8-7-9-18-21(19(11-24)23(25)30-22(16)18)20-13-29(6-2)27-15(20)4/h10,12-13,21H,5-9,25H2,1-4H3/b16-10+/t21-/m1/s1. The average Bonchev–Trinajstić information content (AvgIpc) is 3.29. The Morgan fingerprint density at radius 2 is 1.87 bits per heavy atom. The normalized spacial score (nSPS) is 20.4. The van der Waals surface area contributed by atoms with Gasteiger partial charge in [-0.1, -0.05) is 0 Å². The molecule has 1 aliphatic heterocycles. The van der Waals surface area contributed by atoms with Crippen molar-refractivity contribution in [3.8, 4) is 6.07 Å². The van der Waals surface area contributed by atoms with E-state index in [1.807, 2.05) is 29.4 Å². The van der Waals surface area contributed by atoms with Crippen LogP contribution in [0, 0.1) is 25.2 Å². The van der Waals surface area contributed by atoms with Crippen LogP contribution < -0.4 is 5.73 Å². The molecule has 0 unspecified atom stereocenters. The number of ether oxygens (including phenoxy) is 1. The lowest BCUT2D eigenvalue weighted by Crippen LogP contribution is -2.24. The molecule has 1 aliphatic carbocycles. The van der Waals surface area contributed by atoms with Crippen LogP contribution in [-0.2, 0) is 17.8 Å². The smallest absolute Gasteiger partial charge is 0.205 e. The third-order valence-electron chi connectivity index (χ3n) is 5.97. The van der Waals surface area contributed by atoms with Gasteiger partial charge in [-0.3, -0.25) is 9.36 Å². The van der Waals surface area contributed by atoms with Gasteiger partial charge < -0.3 is 10.5 Å². The Kier molecular flexibility index (Phi) is 5.25. The third-order valence-corrected chi connectivity index (χ3v) is 5.97. The first-order valence-electron chi connectivity index (χ1n) is 10.6. The van der Waals surface area contributed by atoms with E-state index < -0.39 is 0 Å². The van der Waals surface area contributed by atoms with E-state index in [1.165, 1.54) is 0 Å². The number of nitrogens with zero attached hydrogens (tertiary/aromatic N) is 5. The van der Waals surface area contributed by atoms with Crippen molar-refractivity contribution in [1.29, 1.82) is 5.26 Å². The number of aromatic nitrogens is 4. The molecule has 0 saturated heterocycles. The molecular formula is C23H28N6O. The summed E-state index contributed by atoms with van der Waals surface area (Å²) in [6.07, 6.45) is 9.04. The van der Waals surface area contributed by atoms with Crippen LogP contribution in [-0.4, -0.2) is 19.6 Å². The molecule has 4 rings (SSSR count). The number of hydrogen-bond acceptors (Lipinski definition) is 5. The molecule has 0 aromatic carbocycles. The second-order valence-corrected chi connectivity index (χ2v) is 7.85. The molecule has 0 spiro atoms. The van der Waals surface area contributed by atoms with Gasteiger partial charge in [0.05, 0.1) is 17.3 Å². The lowest BCUT2D eigenvalue weighted by molar-refractivity contribution is 0.277. The summed E-state index contributed by atoms with van der Waals surface area (Å²) < 4.78 is 9.92. The second-order valence-electron chi connectivity index (χ2n) is 7.85. The zero-order valence-electron chi connectivity index (χ0n) is 18.1. The van der Waals surface area contributed by atoms with E-state index in [9.17, 15) is 5.26 Å². The molecular weight excluding hydrogens is 376 g/mol. The summed E-state index contributed by atoms with van der Waals surface area (Å²) in [6, 6.07) is 2.30. The number of rotatable bonds is 4. The van der Waals surface area contributed by atoms with Crippen LogP contribution in [0.3, 0.4) is 0 Å². The molecule has 0 bridgehead atoms. The summed E-state index contributed by atoms with van der Waals surface area (Å²) in [6.45, 7) is 9.76. The minimum absolute atomic E-state index is 0.193. The molecule has 3 heterocycles. The first-order chi connectivity index (χ1) is 14.5. The lowest BCUT2D eigenvalue weighted by Gasteiger charge is -2.33. The van der Waals surface area contributed by atoms with Crippen LogP contribution in [0.1, 0.15) is 61.5 Å². The molecule has 7 heteroatoms. The number of aryl methyl sites for hydroxylation is 4. The molecule has 2 N–H and O–H groups in total.